The van der Waals surface area contributed by atoms with E-state index in [9.17, 15) is 0 Å². The molecule has 1 aromatic heterocycles. The van der Waals surface area contributed by atoms with E-state index >= 15 is 0 Å². The maximum atomic E-state index is 4.22. The lowest BCUT2D eigenvalue weighted by Crippen LogP contribution is -2.17. The summed E-state index contributed by atoms with van der Waals surface area (Å²) < 4.78 is 1.58. The van der Waals surface area contributed by atoms with Crippen LogP contribution in [0.15, 0.2) is 42.0 Å². The van der Waals surface area contributed by atoms with Crippen molar-refractivity contribution in [1.29, 1.82) is 0 Å². The smallest absolute Gasteiger partial charge is 0.141 e. The summed E-state index contributed by atoms with van der Waals surface area (Å²) in [4.78, 5) is 2.42. The predicted molar refractivity (Wildman–Crippen MR) is 70.9 cm³/mol. The molecule has 0 radical (unpaired) electrons. The Kier molecular flexibility index (Phi) is 3.04. The van der Waals surface area contributed by atoms with Gasteiger partial charge in [0.1, 0.15) is 12.7 Å². The standard InChI is InChI=1S/C13H15N5/c1-2-8-17(7-1)13-5-3-12(4-6-13)9-16-18-10-14-15-11-18/h3-6,9-11H,1-2,7-8H2/b16-9+. The van der Waals surface area contributed by atoms with E-state index in [1.54, 1.807) is 23.5 Å². The van der Waals surface area contributed by atoms with Crippen LogP contribution in [0.2, 0.25) is 0 Å². The van der Waals surface area contributed by atoms with Gasteiger partial charge in [0, 0.05) is 18.8 Å². The van der Waals surface area contributed by atoms with Gasteiger partial charge in [-0.3, -0.25) is 0 Å². The first kappa shape index (κ1) is 11.0. The Morgan fingerprint density at radius 3 is 2.33 bits per heavy atom. The van der Waals surface area contributed by atoms with Crippen LogP contribution in [0, 0.1) is 0 Å². The van der Waals surface area contributed by atoms with Crippen molar-refractivity contribution in [3.8, 4) is 0 Å². The maximum absolute atomic E-state index is 4.22. The van der Waals surface area contributed by atoms with Gasteiger partial charge in [0.05, 0.1) is 6.21 Å². The summed E-state index contributed by atoms with van der Waals surface area (Å²) in [5.74, 6) is 0. The highest BCUT2D eigenvalue weighted by molar-refractivity contribution is 5.80. The summed E-state index contributed by atoms with van der Waals surface area (Å²) in [6.07, 6.45) is 7.54. The van der Waals surface area contributed by atoms with Gasteiger partial charge in [-0.25, -0.2) is 4.68 Å². The molecule has 1 aromatic carbocycles. The lowest BCUT2D eigenvalue weighted by Gasteiger charge is -2.17. The van der Waals surface area contributed by atoms with Crippen LogP contribution in [-0.4, -0.2) is 34.2 Å². The minimum absolute atomic E-state index is 1.08. The number of nitrogens with zero attached hydrogens (tertiary/aromatic N) is 5. The fourth-order valence-corrected chi connectivity index (χ4v) is 2.13. The summed E-state index contributed by atoms with van der Waals surface area (Å²) in [6.45, 7) is 2.35. The van der Waals surface area contributed by atoms with Gasteiger partial charge in [-0.15, -0.1) is 10.2 Å². The second kappa shape index (κ2) is 5.00. The molecule has 1 aliphatic rings. The SMILES string of the molecule is C(=N\n1cnnc1)/c1ccc(N2CCCC2)cc1. The molecular formula is C13H15N5. The summed E-state index contributed by atoms with van der Waals surface area (Å²) >= 11 is 0. The van der Waals surface area contributed by atoms with E-state index in [1.807, 2.05) is 0 Å². The highest BCUT2D eigenvalue weighted by atomic mass is 15.4. The number of anilines is 1. The predicted octanol–water partition coefficient (Wildman–Crippen LogP) is 1.76. The van der Waals surface area contributed by atoms with Gasteiger partial charge in [-0.2, -0.15) is 5.10 Å². The van der Waals surface area contributed by atoms with Gasteiger partial charge >= 0.3 is 0 Å². The zero-order valence-electron chi connectivity index (χ0n) is 10.1. The van der Waals surface area contributed by atoms with E-state index in [2.05, 4.69) is 44.5 Å². The van der Waals surface area contributed by atoms with Crippen molar-refractivity contribution < 1.29 is 0 Å². The molecule has 5 heteroatoms. The molecule has 0 saturated carbocycles. The first-order valence-electron chi connectivity index (χ1n) is 6.16. The fourth-order valence-electron chi connectivity index (χ4n) is 2.13. The first-order valence-corrected chi connectivity index (χ1v) is 6.16. The van der Waals surface area contributed by atoms with Gasteiger partial charge in [-0.1, -0.05) is 12.1 Å². The first-order chi connectivity index (χ1) is 8.92. The highest BCUT2D eigenvalue weighted by Gasteiger charge is 2.11. The molecule has 0 N–H and O–H groups in total. The average molecular weight is 241 g/mol. The molecule has 5 nitrogen and oxygen atoms in total. The van der Waals surface area contributed by atoms with Crippen molar-refractivity contribution in [2.45, 2.75) is 12.8 Å². The lowest BCUT2D eigenvalue weighted by molar-refractivity contribution is 0.878. The molecule has 0 amide bonds. The molecule has 2 aromatic rings. The van der Waals surface area contributed by atoms with Crippen LogP contribution in [0.3, 0.4) is 0 Å². The highest BCUT2D eigenvalue weighted by Crippen LogP contribution is 2.19. The Labute approximate surface area is 106 Å². The molecule has 1 saturated heterocycles. The van der Waals surface area contributed by atoms with Gasteiger partial charge < -0.3 is 4.90 Å². The van der Waals surface area contributed by atoms with Crippen molar-refractivity contribution in [3.05, 3.63) is 42.5 Å². The second-order valence-corrected chi connectivity index (χ2v) is 4.37. The molecular weight excluding hydrogens is 226 g/mol. The molecule has 3 rings (SSSR count). The minimum atomic E-state index is 1.08. The molecule has 0 aliphatic carbocycles. The second-order valence-electron chi connectivity index (χ2n) is 4.37. The number of hydrogen-bond donors (Lipinski definition) is 0. The normalized spacial score (nSPS) is 15.7. The maximum Gasteiger partial charge on any atom is 0.141 e. The van der Waals surface area contributed by atoms with E-state index in [0.717, 1.165) is 5.56 Å². The van der Waals surface area contributed by atoms with Gasteiger partial charge in [-0.05, 0) is 30.5 Å². The largest absolute Gasteiger partial charge is 0.372 e. The minimum Gasteiger partial charge on any atom is -0.372 e. The number of benzene rings is 1. The van der Waals surface area contributed by atoms with Crippen molar-refractivity contribution in [1.82, 2.24) is 14.9 Å². The molecule has 92 valence electrons. The summed E-state index contributed by atoms with van der Waals surface area (Å²) in [5.41, 5.74) is 2.38. The molecule has 18 heavy (non-hydrogen) atoms. The van der Waals surface area contributed by atoms with Crippen LogP contribution < -0.4 is 4.90 Å². The van der Waals surface area contributed by atoms with E-state index < -0.39 is 0 Å². The van der Waals surface area contributed by atoms with Gasteiger partial charge in [0.2, 0.25) is 0 Å². The van der Waals surface area contributed by atoms with E-state index in [1.165, 1.54) is 31.6 Å². The van der Waals surface area contributed by atoms with E-state index in [-0.39, 0.29) is 0 Å². The molecule has 0 spiro atoms. The van der Waals surface area contributed by atoms with Crippen molar-refractivity contribution in [2.24, 2.45) is 5.10 Å². The topological polar surface area (TPSA) is 46.3 Å². The fraction of sp³-hybridized carbons (Fsp3) is 0.308. The summed E-state index contributed by atoms with van der Waals surface area (Å²) in [6, 6.07) is 8.47. The van der Waals surface area contributed by atoms with Crippen LogP contribution in [0.4, 0.5) is 5.69 Å². The number of aromatic nitrogens is 3. The molecule has 0 atom stereocenters. The Morgan fingerprint density at radius 1 is 1.00 bits per heavy atom. The third kappa shape index (κ3) is 2.40. The average Bonchev–Trinajstić information content (AvgIpc) is 3.10. The Bertz CT molecular complexity index is 509. The molecule has 0 unspecified atom stereocenters. The third-order valence-corrected chi connectivity index (χ3v) is 3.11. The third-order valence-electron chi connectivity index (χ3n) is 3.11. The van der Waals surface area contributed by atoms with Crippen molar-refractivity contribution in [2.75, 3.05) is 18.0 Å². The van der Waals surface area contributed by atoms with Crippen LogP contribution in [0.5, 0.6) is 0 Å². The molecule has 1 aliphatic heterocycles. The van der Waals surface area contributed by atoms with Gasteiger partial charge in [0.25, 0.3) is 0 Å². The summed E-state index contributed by atoms with van der Waals surface area (Å²) in [7, 11) is 0. The molecule has 0 bridgehead atoms. The zero-order chi connectivity index (χ0) is 12.2. The monoisotopic (exact) mass is 241 g/mol. The van der Waals surface area contributed by atoms with Crippen molar-refractivity contribution >= 4 is 11.9 Å². The van der Waals surface area contributed by atoms with E-state index in [0.29, 0.717) is 0 Å². The van der Waals surface area contributed by atoms with Crippen LogP contribution in [0.25, 0.3) is 0 Å². The Balaban J connectivity index is 1.70. The number of hydrogen-bond acceptors (Lipinski definition) is 4. The van der Waals surface area contributed by atoms with Crippen LogP contribution >= 0.6 is 0 Å². The summed E-state index contributed by atoms with van der Waals surface area (Å²) in [5, 5.41) is 11.6. The number of rotatable bonds is 3. The quantitative estimate of drug-likeness (QED) is 0.769. The Hall–Kier alpha value is -2.17. The van der Waals surface area contributed by atoms with Crippen molar-refractivity contribution in [3.63, 3.8) is 0 Å². The lowest BCUT2D eigenvalue weighted by atomic mass is 10.2. The van der Waals surface area contributed by atoms with E-state index in [4.69, 9.17) is 0 Å². The molecule has 1 fully saturated rings. The van der Waals surface area contributed by atoms with Crippen LogP contribution in [0.1, 0.15) is 18.4 Å². The molecule has 2 heterocycles. The zero-order valence-corrected chi connectivity index (χ0v) is 10.1. The Morgan fingerprint density at radius 2 is 1.67 bits per heavy atom. The van der Waals surface area contributed by atoms with Crippen LogP contribution in [-0.2, 0) is 0 Å². The van der Waals surface area contributed by atoms with Gasteiger partial charge in [0.15, 0.2) is 0 Å².